The van der Waals surface area contributed by atoms with Gasteiger partial charge in [0.1, 0.15) is 11.5 Å². The number of carbonyl (C=O) groups excluding carboxylic acids is 1. The first kappa shape index (κ1) is 37.7. The first-order chi connectivity index (χ1) is 19.7. The van der Waals surface area contributed by atoms with Crippen LogP contribution in [-0.2, 0) is 10.2 Å². The molecule has 0 fully saturated rings. The zero-order chi connectivity index (χ0) is 31.0. The molecule has 1 aliphatic heterocycles. The second kappa shape index (κ2) is 16.7. The Kier molecular flexibility index (Phi) is 14.7. The van der Waals surface area contributed by atoms with Crippen LogP contribution in [0.3, 0.4) is 0 Å². The standard InChI is InChI=1S/C32H41F5O4S.Na/c1-30(23-13-15-24(38)16-14-23)21-42-28-20-25(39)17-18-26(28)27(30)12-8-6-4-2-3-5-7-10-22(29(40)41)11-9-19-31(33,34)32(35,36)37;/h13-18,20,22,27,38-39H,2-12,19,21H2,1H3,(H,40,41);/q;+1/p-1. The van der Waals surface area contributed by atoms with Gasteiger partial charge in [-0.1, -0.05) is 70.1 Å². The van der Waals surface area contributed by atoms with Crippen molar-refractivity contribution in [3.8, 4) is 11.5 Å². The van der Waals surface area contributed by atoms with E-state index in [1.165, 1.54) is 11.1 Å². The minimum Gasteiger partial charge on any atom is -0.550 e. The van der Waals surface area contributed by atoms with Crippen molar-refractivity contribution in [2.75, 3.05) is 5.75 Å². The molecule has 3 rings (SSSR count). The number of fused-ring (bicyclic) bond motifs is 1. The number of hydrogen-bond acceptors (Lipinski definition) is 5. The number of phenolic OH excluding ortho intramolecular Hbond substituents is 2. The van der Waals surface area contributed by atoms with Crippen LogP contribution in [0, 0.1) is 5.92 Å². The monoisotopic (exact) mass is 638 g/mol. The van der Waals surface area contributed by atoms with Crippen LogP contribution >= 0.6 is 11.8 Å². The molecule has 1 aliphatic rings. The largest absolute Gasteiger partial charge is 1.00 e. The molecule has 0 bridgehead atoms. The normalized spacial score (nSPS) is 19.3. The maximum absolute atomic E-state index is 13.1. The average molecular weight is 639 g/mol. The zero-order valence-electron chi connectivity index (χ0n) is 24.9. The van der Waals surface area contributed by atoms with Crippen LogP contribution in [-0.4, -0.2) is 34.0 Å². The second-order valence-electron chi connectivity index (χ2n) is 11.7. The number of thioether (sulfide) groups is 1. The smallest absolute Gasteiger partial charge is 0.550 e. The Morgan fingerprint density at radius 3 is 2.07 bits per heavy atom. The molecule has 234 valence electrons. The van der Waals surface area contributed by atoms with Crippen LogP contribution in [0.25, 0.3) is 0 Å². The van der Waals surface area contributed by atoms with Gasteiger partial charge in [-0.15, -0.1) is 11.8 Å². The van der Waals surface area contributed by atoms with Crippen molar-refractivity contribution in [1.82, 2.24) is 0 Å². The van der Waals surface area contributed by atoms with Gasteiger partial charge in [-0.05, 0) is 72.9 Å². The predicted molar refractivity (Wildman–Crippen MR) is 152 cm³/mol. The number of unbranched alkanes of at least 4 members (excludes halogenated alkanes) is 6. The molecule has 3 unspecified atom stereocenters. The number of benzene rings is 2. The van der Waals surface area contributed by atoms with E-state index in [1.807, 2.05) is 24.3 Å². The Morgan fingerprint density at radius 1 is 0.907 bits per heavy atom. The number of carboxylic acids is 1. The van der Waals surface area contributed by atoms with E-state index < -0.39 is 36.8 Å². The van der Waals surface area contributed by atoms with Gasteiger partial charge in [0.2, 0.25) is 0 Å². The summed E-state index contributed by atoms with van der Waals surface area (Å²) in [5, 5.41) is 31.1. The van der Waals surface area contributed by atoms with Crippen LogP contribution in [0.5, 0.6) is 11.5 Å². The molecule has 0 saturated heterocycles. The summed E-state index contributed by atoms with van der Waals surface area (Å²) in [6, 6.07) is 13.0. The minimum absolute atomic E-state index is 0. The van der Waals surface area contributed by atoms with Gasteiger partial charge in [0.15, 0.2) is 0 Å². The summed E-state index contributed by atoms with van der Waals surface area (Å²) in [6.07, 6.45) is -0.411. The number of aromatic hydroxyl groups is 2. The number of phenols is 2. The van der Waals surface area contributed by atoms with Gasteiger partial charge >= 0.3 is 41.7 Å². The third-order valence-electron chi connectivity index (χ3n) is 8.53. The molecule has 11 heteroatoms. The molecule has 0 saturated carbocycles. The quantitative estimate of drug-likeness (QED) is 0.144. The Labute approximate surface area is 277 Å². The molecule has 2 aromatic carbocycles. The number of alkyl halides is 5. The van der Waals surface area contributed by atoms with Crippen molar-refractivity contribution in [3.05, 3.63) is 53.6 Å². The van der Waals surface area contributed by atoms with E-state index in [0.29, 0.717) is 6.42 Å². The molecule has 43 heavy (non-hydrogen) atoms. The van der Waals surface area contributed by atoms with Gasteiger partial charge in [0, 0.05) is 28.5 Å². The van der Waals surface area contributed by atoms with Gasteiger partial charge in [0.05, 0.1) is 0 Å². The molecule has 2 N–H and O–H groups in total. The molecule has 0 radical (unpaired) electrons. The SMILES string of the molecule is CC1(c2ccc(O)cc2)CSc2cc(O)ccc2C1CCCCCCCCCC(CCCC(F)(F)C(F)(F)F)C(=O)[O-].[Na+]. The van der Waals surface area contributed by atoms with Gasteiger partial charge in [0.25, 0.3) is 0 Å². The molecule has 2 aromatic rings. The number of hydrogen-bond donors (Lipinski definition) is 2. The maximum Gasteiger partial charge on any atom is 1.00 e. The van der Waals surface area contributed by atoms with Crippen molar-refractivity contribution in [2.24, 2.45) is 5.92 Å². The first-order valence-electron chi connectivity index (χ1n) is 14.7. The summed E-state index contributed by atoms with van der Waals surface area (Å²) < 4.78 is 63.1. The first-order valence-corrected chi connectivity index (χ1v) is 15.6. The van der Waals surface area contributed by atoms with Crippen molar-refractivity contribution >= 4 is 17.7 Å². The molecule has 0 aliphatic carbocycles. The van der Waals surface area contributed by atoms with E-state index in [9.17, 15) is 42.1 Å². The summed E-state index contributed by atoms with van der Waals surface area (Å²) in [5.41, 5.74) is 2.25. The molecule has 4 nitrogen and oxygen atoms in total. The number of rotatable bonds is 16. The molecule has 0 spiro atoms. The fourth-order valence-corrected chi connectivity index (χ4v) is 7.33. The topological polar surface area (TPSA) is 80.6 Å². The summed E-state index contributed by atoms with van der Waals surface area (Å²) in [5.74, 6) is -5.64. The van der Waals surface area contributed by atoms with Gasteiger partial charge < -0.3 is 20.1 Å². The van der Waals surface area contributed by atoms with Crippen LogP contribution < -0.4 is 34.7 Å². The zero-order valence-corrected chi connectivity index (χ0v) is 27.7. The van der Waals surface area contributed by atoms with E-state index >= 15 is 0 Å². The second-order valence-corrected chi connectivity index (χ2v) is 12.7. The van der Waals surface area contributed by atoms with Gasteiger partial charge in [-0.25, -0.2) is 0 Å². The molecule has 1 heterocycles. The van der Waals surface area contributed by atoms with E-state index in [-0.39, 0.29) is 65.2 Å². The molecule has 0 amide bonds. The van der Waals surface area contributed by atoms with Crippen molar-refractivity contribution in [3.63, 3.8) is 0 Å². The average Bonchev–Trinajstić information content (AvgIpc) is 2.91. The van der Waals surface area contributed by atoms with Crippen molar-refractivity contribution in [1.29, 1.82) is 0 Å². The fourth-order valence-electron chi connectivity index (χ4n) is 5.92. The Hall–Kier alpha value is -1.49. The number of halogens is 5. The van der Waals surface area contributed by atoms with E-state index in [4.69, 9.17) is 0 Å². The van der Waals surface area contributed by atoms with Gasteiger partial charge in [-0.3, -0.25) is 0 Å². The number of aliphatic carboxylic acids is 1. The Bertz CT molecular complexity index is 1160. The Balaban J connectivity index is 0.00000645. The maximum atomic E-state index is 13.1. The summed E-state index contributed by atoms with van der Waals surface area (Å²) >= 11 is 1.74. The molecular weight excluding hydrogens is 598 g/mol. The minimum atomic E-state index is -5.62. The van der Waals surface area contributed by atoms with Crippen LogP contribution in [0.4, 0.5) is 22.0 Å². The number of carbonyl (C=O) groups is 1. The third-order valence-corrected chi connectivity index (χ3v) is 9.94. The van der Waals surface area contributed by atoms with E-state index in [1.54, 1.807) is 30.0 Å². The van der Waals surface area contributed by atoms with E-state index in [0.717, 1.165) is 55.6 Å². The van der Waals surface area contributed by atoms with Crippen LogP contribution in [0.1, 0.15) is 101 Å². The van der Waals surface area contributed by atoms with Crippen LogP contribution in [0.15, 0.2) is 47.4 Å². The molecular formula is C32H40F5NaO4S. The van der Waals surface area contributed by atoms with Crippen molar-refractivity contribution in [2.45, 2.75) is 112 Å². The Morgan fingerprint density at radius 2 is 1.47 bits per heavy atom. The summed E-state index contributed by atoms with van der Waals surface area (Å²) in [6.45, 7) is 2.26. The predicted octanol–water partition coefficient (Wildman–Crippen LogP) is 5.49. The van der Waals surface area contributed by atoms with E-state index in [2.05, 4.69) is 6.92 Å². The molecule has 0 aromatic heterocycles. The fraction of sp³-hybridized carbons (Fsp3) is 0.594. The third kappa shape index (κ3) is 10.5. The van der Waals surface area contributed by atoms with Crippen molar-refractivity contribution < 1.29 is 71.6 Å². The number of carboxylic acid groups (broad SMARTS) is 1. The molecule has 3 atom stereocenters. The summed E-state index contributed by atoms with van der Waals surface area (Å²) in [4.78, 5) is 12.4. The summed E-state index contributed by atoms with van der Waals surface area (Å²) in [7, 11) is 0. The van der Waals surface area contributed by atoms with Gasteiger partial charge in [-0.2, -0.15) is 22.0 Å². The van der Waals surface area contributed by atoms with Crippen LogP contribution in [0.2, 0.25) is 0 Å².